The number of nitrogens with zero attached hydrogens (tertiary/aromatic N) is 4. The van der Waals surface area contributed by atoms with Gasteiger partial charge in [-0.05, 0) is 6.92 Å². The number of hydrogen-bond acceptors (Lipinski definition) is 7. The molecule has 2 aromatic rings. The van der Waals surface area contributed by atoms with Gasteiger partial charge in [0, 0.05) is 19.5 Å². The number of aromatic nitrogens is 4. The highest BCUT2D eigenvalue weighted by atomic mass is 19.4. The maximum absolute atomic E-state index is 12.7. The molecule has 21 heavy (non-hydrogen) atoms. The summed E-state index contributed by atoms with van der Waals surface area (Å²) in [6, 6.07) is 1.38. The Hall–Kier alpha value is -2.39. The third kappa shape index (κ3) is 4.04. The zero-order chi connectivity index (χ0) is 15.5. The van der Waals surface area contributed by atoms with Crippen molar-refractivity contribution in [2.24, 2.45) is 0 Å². The lowest BCUT2D eigenvalue weighted by atomic mass is 10.4. The summed E-state index contributed by atoms with van der Waals surface area (Å²) in [6.45, 7) is 3.91. The summed E-state index contributed by atoms with van der Waals surface area (Å²) in [4.78, 5) is 10.8. The molecule has 10 heteroatoms. The van der Waals surface area contributed by atoms with Crippen LogP contribution in [0.2, 0.25) is 0 Å². The van der Waals surface area contributed by atoms with Gasteiger partial charge in [0.15, 0.2) is 5.82 Å². The van der Waals surface area contributed by atoms with E-state index in [0.29, 0.717) is 18.3 Å². The molecule has 0 bridgehead atoms. The molecule has 0 aliphatic heterocycles. The van der Waals surface area contributed by atoms with Crippen molar-refractivity contribution in [1.29, 1.82) is 0 Å². The molecule has 0 atom stereocenters. The second-order valence-electron chi connectivity index (χ2n) is 4.07. The van der Waals surface area contributed by atoms with Gasteiger partial charge >= 0.3 is 6.18 Å². The molecule has 0 aliphatic rings. The van der Waals surface area contributed by atoms with Crippen LogP contribution in [0.3, 0.4) is 0 Å². The molecule has 0 radical (unpaired) electrons. The summed E-state index contributed by atoms with van der Waals surface area (Å²) < 4.78 is 43.0. The van der Waals surface area contributed by atoms with Gasteiger partial charge in [-0.1, -0.05) is 5.16 Å². The van der Waals surface area contributed by atoms with E-state index < -0.39 is 12.0 Å². The fraction of sp³-hybridized carbons (Fsp3) is 0.455. The molecule has 0 aromatic carbocycles. The zero-order valence-electron chi connectivity index (χ0n) is 11.3. The van der Waals surface area contributed by atoms with Crippen molar-refractivity contribution in [3.8, 4) is 0 Å². The summed E-state index contributed by atoms with van der Waals surface area (Å²) >= 11 is 0. The zero-order valence-corrected chi connectivity index (χ0v) is 11.3. The van der Waals surface area contributed by atoms with Gasteiger partial charge < -0.3 is 15.2 Å². The average molecular weight is 302 g/mol. The first kappa shape index (κ1) is 15.0. The number of aryl methyl sites for hydroxylation is 1. The molecule has 7 nitrogen and oxygen atoms in total. The van der Waals surface area contributed by atoms with Crippen LogP contribution >= 0.6 is 0 Å². The smallest absolute Gasteiger partial charge is 0.370 e. The Balaban J connectivity index is 2.19. The molecule has 114 valence electrons. The van der Waals surface area contributed by atoms with E-state index in [9.17, 15) is 13.2 Å². The Labute approximate surface area is 118 Å². The van der Waals surface area contributed by atoms with Crippen LogP contribution in [0, 0.1) is 6.92 Å². The Morgan fingerprint density at radius 1 is 1.14 bits per heavy atom. The predicted octanol–water partition coefficient (Wildman–Crippen LogP) is 2.23. The second-order valence-corrected chi connectivity index (χ2v) is 4.07. The van der Waals surface area contributed by atoms with Gasteiger partial charge in [-0.15, -0.1) is 0 Å². The molecule has 2 aromatic heterocycles. The monoisotopic (exact) mass is 302 g/mol. The highest BCUT2D eigenvalue weighted by molar-refractivity contribution is 5.47. The van der Waals surface area contributed by atoms with Gasteiger partial charge in [0.05, 0.1) is 6.54 Å². The molecule has 0 unspecified atom stereocenters. The average Bonchev–Trinajstić information content (AvgIpc) is 2.81. The van der Waals surface area contributed by atoms with Crippen LogP contribution in [-0.4, -0.2) is 26.7 Å². The number of hydrogen-bond donors (Lipinski definition) is 2. The normalized spacial score (nSPS) is 11.5. The van der Waals surface area contributed by atoms with Crippen molar-refractivity contribution in [1.82, 2.24) is 20.1 Å². The van der Waals surface area contributed by atoms with E-state index in [2.05, 4.69) is 30.7 Å². The largest absolute Gasteiger partial charge is 0.451 e. The first-order chi connectivity index (χ1) is 9.88. The quantitative estimate of drug-likeness (QED) is 0.875. The van der Waals surface area contributed by atoms with Crippen molar-refractivity contribution in [2.75, 3.05) is 17.2 Å². The van der Waals surface area contributed by atoms with Gasteiger partial charge in [0.1, 0.15) is 11.6 Å². The molecule has 0 fully saturated rings. The summed E-state index contributed by atoms with van der Waals surface area (Å²) in [5.41, 5.74) is 0. The molecule has 2 N–H and O–H groups in total. The maximum atomic E-state index is 12.7. The van der Waals surface area contributed by atoms with E-state index in [1.807, 2.05) is 0 Å². The van der Waals surface area contributed by atoms with E-state index in [4.69, 9.17) is 4.52 Å². The molecule has 0 aliphatic carbocycles. The van der Waals surface area contributed by atoms with Crippen molar-refractivity contribution < 1.29 is 17.7 Å². The second kappa shape index (κ2) is 5.94. The van der Waals surface area contributed by atoms with Crippen LogP contribution in [0.1, 0.15) is 24.5 Å². The highest BCUT2D eigenvalue weighted by Crippen LogP contribution is 2.28. The van der Waals surface area contributed by atoms with Gasteiger partial charge in [0.25, 0.3) is 0 Å². The van der Waals surface area contributed by atoms with Gasteiger partial charge in [-0.25, -0.2) is 9.97 Å². The fourth-order valence-corrected chi connectivity index (χ4v) is 1.52. The topological polar surface area (TPSA) is 88.8 Å². The number of anilines is 2. The van der Waals surface area contributed by atoms with Crippen molar-refractivity contribution in [2.45, 2.75) is 26.6 Å². The van der Waals surface area contributed by atoms with E-state index in [-0.39, 0.29) is 18.2 Å². The van der Waals surface area contributed by atoms with E-state index in [1.165, 1.54) is 6.07 Å². The van der Waals surface area contributed by atoms with E-state index in [1.54, 1.807) is 13.8 Å². The lowest BCUT2D eigenvalue weighted by Crippen LogP contribution is -2.15. The molecule has 0 spiro atoms. The molecule has 0 saturated carbocycles. The van der Waals surface area contributed by atoms with Crippen molar-refractivity contribution in [3.63, 3.8) is 0 Å². The number of halogens is 3. The van der Waals surface area contributed by atoms with Gasteiger partial charge in [-0.2, -0.15) is 18.2 Å². The highest BCUT2D eigenvalue weighted by Gasteiger charge is 2.35. The number of alkyl halides is 3. The van der Waals surface area contributed by atoms with Gasteiger partial charge in [0.2, 0.25) is 11.7 Å². The SMILES string of the molecule is CCNc1cc(NCc2noc(C)n2)nc(C(F)(F)F)n1. The number of rotatable bonds is 5. The van der Waals surface area contributed by atoms with Crippen LogP contribution in [0.15, 0.2) is 10.6 Å². The molecule has 2 rings (SSSR count). The van der Waals surface area contributed by atoms with Crippen molar-refractivity contribution >= 4 is 11.6 Å². The van der Waals surface area contributed by atoms with Gasteiger partial charge in [-0.3, -0.25) is 0 Å². The van der Waals surface area contributed by atoms with Crippen LogP contribution in [-0.2, 0) is 12.7 Å². The summed E-state index contributed by atoms with van der Waals surface area (Å²) in [5.74, 6) is -0.404. The Morgan fingerprint density at radius 2 is 1.81 bits per heavy atom. The standard InChI is InChI=1S/C11H13F3N6O/c1-3-15-7-4-8(19-10(18-7)11(12,13)14)16-5-9-17-6(2)21-20-9/h4H,3,5H2,1-2H3,(H2,15,16,18,19). The van der Waals surface area contributed by atoms with Crippen LogP contribution in [0.25, 0.3) is 0 Å². The van der Waals surface area contributed by atoms with Crippen molar-refractivity contribution in [3.05, 3.63) is 23.6 Å². The minimum Gasteiger partial charge on any atom is -0.370 e. The third-order valence-electron chi connectivity index (χ3n) is 2.33. The van der Waals surface area contributed by atoms with Crippen LogP contribution < -0.4 is 10.6 Å². The Kier molecular flexibility index (Phi) is 4.24. The molecule has 0 saturated heterocycles. The molecule has 2 heterocycles. The Morgan fingerprint density at radius 3 is 2.33 bits per heavy atom. The predicted molar refractivity (Wildman–Crippen MR) is 67.6 cm³/mol. The third-order valence-corrected chi connectivity index (χ3v) is 2.33. The molecular weight excluding hydrogens is 289 g/mol. The molecular formula is C11H13F3N6O. The summed E-state index contributed by atoms with van der Waals surface area (Å²) in [7, 11) is 0. The number of nitrogens with one attached hydrogen (secondary N) is 2. The summed E-state index contributed by atoms with van der Waals surface area (Å²) in [6.07, 6.45) is -4.62. The van der Waals surface area contributed by atoms with Crippen LogP contribution in [0.4, 0.5) is 24.8 Å². The van der Waals surface area contributed by atoms with Crippen LogP contribution in [0.5, 0.6) is 0 Å². The lowest BCUT2D eigenvalue weighted by Gasteiger charge is -2.11. The molecule has 0 amide bonds. The van der Waals surface area contributed by atoms with E-state index >= 15 is 0 Å². The summed E-state index contributed by atoms with van der Waals surface area (Å²) in [5, 5.41) is 9.06. The first-order valence-electron chi connectivity index (χ1n) is 6.11. The Bertz CT molecular complexity index is 612. The fourth-order valence-electron chi connectivity index (χ4n) is 1.52. The minimum atomic E-state index is -4.62. The lowest BCUT2D eigenvalue weighted by molar-refractivity contribution is -0.144. The maximum Gasteiger partial charge on any atom is 0.451 e. The first-order valence-corrected chi connectivity index (χ1v) is 6.11. The minimum absolute atomic E-state index is 0.0238. The van der Waals surface area contributed by atoms with E-state index in [0.717, 1.165) is 0 Å².